The van der Waals surface area contributed by atoms with Crippen LogP contribution in [-0.2, 0) is 6.54 Å². The van der Waals surface area contributed by atoms with E-state index >= 15 is 0 Å². The molecule has 0 saturated carbocycles. The van der Waals surface area contributed by atoms with E-state index in [1.54, 1.807) is 12.3 Å². The van der Waals surface area contributed by atoms with E-state index in [-0.39, 0.29) is 0 Å². The number of nitrogens with one attached hydrogen (secondary N) is 2. The summed E-state index contributed by atoms with van der Waals surface area (Å²) in [5.74, 6) is 0.896. The number of nitrogens with zero attached hydrogens (tertiary/aromatic N) is 1. The van der Waals surface area contributed by atoms with Gasteiger partial charge >= 0.3 is 0 Å². The van der Waals surface area contributed by atoms with Gasteiger partial charge in [0.1, 0.15) is 5.82 Å². The molecule has 0 saturated heterocycles. The van der Waals surface area contributed by atoms with E-state index < -0.39 is 0 Å². The van der Waals surface area contributed by atoms with Crippen molar-refractivity contribution >= 4 is 23.2 Å². The van der Waals surface area contributed by atoms with Gasteiger partial charge in [0.05, 0.1) is 23.5 Å². The molecule has 0 bridgehead atoms. The molecule has 0 radical (unpaired) electrons. The Bertz CT molecular complexity index is 508. The number of rotatable bonds is 4. The maximum Gasteiger partial charge on any atom is 0.120 e. The van der Waals surface area contributed by atoms with Crippen LogP contribution in [0.25, 0.3) is 11.3 Å². The summed E-state index contributed by atoms with van der Waals surface area (Å²) in [6, 6.07) is 5.42. The maximum atomic E-state index is 6.13. The van der Waals surface area contributed by atoms with E-state index in [1.807, 2.05) is 12.1 Å². The number of hydrogen-bond donors (Lipinski definition) is 2. The Kier molecular flexibility index (Phi) is 4.05. The molecule has 0 fully saturated rings. The smallest absolute Gasteiger partial charge is 0.120 e. The number of benzene rings is 1. The zero-order valence-electron chi connectivity index (χ0n) is 9.43. The van der Waals surface area contributed by atoms with Crippen molar-refractivity contribution in [3.63, 3.8) is 0 Å². The van der Waals surface area contributed by atoms with E-state index in [1.165, 1.54) is 0 Å². The largest absolute Gasteiger partial charge is 0.341 e. The van der Waals surface area contributed by atoms with Crippen LogP contribution in [0.3, 0.4) is 0 Å². The monoisotopic (exact) mass is 269 g/mol. The minimum Gasteiger partial charge on any atom is -0.341 e. The Hall–Kier alpha value is -1.03. The fourth-order valence-corrected chi connectivity index (χ4v) is 2.05. The molecule has 17 heavy (non-hydrogen) atoms. The molecule has 0 unspecified atom stereocenters. The van der Waals surface area contributed by atoms with Crippen LogP contribution in [0.15, 0.2) is 24.4 Å². The van der Waals surface area contributed by atoms with Crippen LogP contribution in [0.5, 0.6) is 0 Å². The highest BCUT2D eigenvalue weighted by atomic mass is 35.5. The van der Waals surface area contributed by atoms with Gasteiger partial charge in [-0.15, -0.1) is 0 Å². The first-order valence-corrected chi connectivity index (χ1v) is 6.16. The average molecular weight is 270 g/mol. The molecule has 2 rings (SSSR count). The predicted molar refractivity (Wildman–Crippen MR) is 71.4 cm³/mol. The van der Waals surface area contributed by atoms with E-state index in [9.17, 15) is 0 Å². The zero-order chi connectivity index (χ0) is 12.3. The van der Waals surface area contributed by atoms with Gasteiger partial charge in [0, 0.05) is 10.6 Å². The van der Waals surface area contributed by atoms with Crippen molar-refractivity contribution in [2.24, 2.45) is 0 Å². The Morgan fingerprint density at radius 2 is 2.18 bits per heavy atom. The zero-order valence-corrected chi connectivity index (χ0v) is 10.9. The summed E-state index contributed by atoms with van der Waals surface area (Å²) in [7, 11) is 0. The predicted octanol–water partition coefficient (Wildman–Crippen LogP) is 3.49. The molecule has 0 atom stereocenters. The average Bonchev–Trinajstić information content (AvgIpc) is 2.75. The highest BCUT2D eigenvalue weighted by Gasteiger charge is 2.07. The van der Waals surface area contributed by atoms with Gasteiger partial charge in [-0.2, -0.15) is 0 Å². The lowest BCUT2D eigenvalue weighted by Gasteiger charge is -2.01. The topological polar surface area (TPSA) is 40.7 Å². The molecule has 2 aromatic rings. The number of aromatic amines is 1. The van der Waals surface area contributed by atoms with Crippen molar-refractivity contribution in [3.05, 3.63) is 40.3 Å². The number of H-pyrrole nitrogens is 1. The van der Waals surface area contributed by atoms with Gasteiger partial charge in [0.2, 0.25) is 0 Å². The fraction of sp³-hybridized carbons (Fsp3) is 0.250. The first kappa shape index (κ1) is 12.4. The highest BCUT2D eigenvalue weighted by Crippen LogP contribution is 2.28. The molecule has 1 aromatic carbocycles. The second-order valence-corrected chi connectivity index (χ2v) is 4.49. The Morgan fingerprint density at radius 1 is 1.35 bits per heavy atom. The van der Waals surface area contributed by atoms with Crippen molar-refractivity contribution in [3.8, 4) is 11.3 Å². The summed E-state index contributed by atoms with van der Waals surface area (Å²) >= 11 is 12.0. The van der Waals surface area contributed by atoms with Crippen LogP contribution in [0, 0.1) is 0 Å². The second-order valence-electron chi connectivity index (χ2n) is 3.65. The highest BCUT2D eigenvalue weighted by molar-refractivity contribution is 6.36. The molecule has 0 aliphatic carbocycles. The van der Waals surface area contributed by atoms with E-state index in [4.69, 9.17) is 23.2 Å². The molecule has 0 aliphatic rings. The first-order valence-electron chi connectivity index (χ1n) is 5.40. The van der Waals surface area contributed by atoms with Crippen molar-refractivity contribution in [1.29, 1.82) is 0 Å². The van der Waals surface area contributed by atoms with Gasteiger partial charge in [-0.3, -0.25) is 0 Å². The quantitative estimate of drug-likeness (QED) is 0.892. The third kappa shape index (κ3) is 3.00. The molecule has 0 aliphatic heterocycles. The molecule has 1 heterocycles. The normalized spacial score (nSPS) is 10.8. The van der Waals surface area contributed by atoms with Gasteiger partial charge < -0.3 is 10.3 Å². The van der Waals surface area contributed by atoms with E-state index in [0.717, 1.165) is 30.2 Å². The minimum absolute atomic E-state index is 0.621. The van der Waals surface area contributed by atoms with Crippen LogP contribution in [-0.4, -0.2) is 16.5 Å². The van der Waals surface area contributed by atoms with Crippen LogP contribution >= 0.6 is 23.2 Å². The molecule has 0 spiro atoms. The third-order valence-corrected chi connectivity index (χ3v) is 2.94. The number of aromatic nitrogens is 2. The molecule has 90 valence electrons. The number of hydrogen-bond acceptors (Lipinski definition) is 2. The molecule has 5 heteroatoms. The lowest BCUT2D eigenvalue weighted by Crippen LogP contribution is -2.12. The maximum absolute atomic E-state index is 6.13. The summed E-state index contributed by atoms with van der Waals surface area (Å²) in [6.45, 7) is 3.69. The molecule has 2 N–H and O–H groups in total. The number of halogens is 2. The first-order chi connectivity index (χ1) is 8.20. The van der Waals surface area contributed by atoms with Gasteiger partial charge in [-0.1, -0.05) is 30.1 Å². The Balaban J connectivity index is 2.24. The molecule has 1 aromatic heterocycles. The second kappa shape index (κ2) is 5.54. The van der Waals surface area contributed by atoms with E-state index in [0.29, 0.717) is 10.0 Å². The van der Waals surface area contributed by atoms with Gasteiger partial charge in [0.15, 0.2) is 0 Å². The molecular formula is C12H13Cl2N3. The van der Waals surface area contributed by atoms with Crippen LogP contribution in [0.1, 0.15) is 12.7 Å². The number of imidazole rings is 1. The Morgan fingerprint density at radius 3 is 2.88 bits per heavy atom. The summed E-state index contributed by atoms with van der Waals surface area (Å²) in [4.78, 5) is 7.51. The Labute approximate surface area is 110 Å². The summed E-state index contributed by atoms with van der Waals surface area (Å²) in [5.41, 5.74) is 1.81. The van der Waals surface area contributed by atoms with Crippen LogP contribution < -0.4 is 5.32 Å². The van der Waals surface area contributed by atoms with Crippen molar-refractivity contribution in [2.75, 3.05) is 6.54 Å². The van der Waals surface area contributed by atoms with E-state index in [2.05, 4.69) is 22.2 Å². The molecule has 3 nitrogen and oxygen atoms in total. The van der Waals surface area contributed by atoms with Crippen LogP contribution in [0.2, 0.25) is 10.0 Å². The standard InChI is InChI=1S/C12H13Cl2N3/c1-2-15-7-12-16-6-11(17-12)9-4-3-8(13)5-10(9)14/h3-6,15H,2,7H2,1H3,(H,16,17). The third-order valence-electron chi connectivity index (χ3n) is 2.39. The summed E-state index contributed by atoms with van der Waals surface area (Å²) in [5, 5.41) is 4.46. The van der Waals surface area contributed by atoms with Gasteiger partial charge in [0.25, 0.3) is 0 Å². The van der Waals surface area contributed by atoms with Crippen molar-refractivity contribution in [2.45, 2.75) is 13.5 Å². The molecular weight excluding hydrogens is 257 g/mol. The SMILES string of the molecule is CCNCc1ncc(-c2ccc(Cl)cc2Cl)[nH]1. The van der Waals surface area contributed by atoms with Crippen molar-refractivity contribution in [1.82, 2.24) is 15.3 Å². The van der Waals surface area contributed by atoms with Crippen LogP contribution in [0.4, 0.5) is 0 Å². The minimum atomic E-state index is 0.621. The van der Waals surface area contributed by atoms with Gasteiger partial charge in [-0.25, -0.2) is 4.98 Å². The summed E-state index contributed by atoms with van der Waals surface area (Å²) < 4.78 is 0. The van der Waals surface area contributed by atoms with Crippen molar-refractivity contribution < 1.29 is 0 Å². The lowest BCUT2D eigenvalue weighted by atomic mass is 10.2. The van der Waals surface area contributed by atoms with Gasteiger partial charge in [-0.05, 0) is 24.7 Å². The summed E-state index contributed by atoms with van der Waals surface area (Å²) in [6.07, 6.45) is 1.78. The fourth-order valence-electron chi connectivity index (χ4n) is 1.54. The lowest BCUT2D eigenvalue weighted by molar-refractivity contribution is 0.698. The molecule has 0 amide bonds.